The first kappa shape index (κ1) is 17.6. The Labute approximate surface area is 152 Å². The predicted octanol–water partition coefficient (Wildman–Crippen LogP) is 3.31. The Balaban J connectivity index is 1.54. The Morgan fingerprint density at radius 1 is 1.40 bits per heavy atom. The lowest BCUT2D eigenvalue weighted by atomic mass is 9.98. The molecular weight excluding hydrogens is 364 g/mol. The van der Waals surface area contributed by atoms with Gasteiger partial charge in [-0.1, -0.05) is 17.4 Å². The first-order chi connectivity index (χ1) is 12.0. The van der Waals surface area contributed by atoms with Crippen LogP contribution in [0.2, 0.25) is 0 Å². The van der Waals surface area contributed by atoms with Crippen LogP contribution in [0.15, 0.2) is 29.0 Å². The monoisotopic (exact) mass is 380 g/mol. The maximum absolute atomic E-state index is 12.4. The highest BCUT2D eigenvalue weighted by atomic mass is 32.1. The van der Waals surface area contributed by atoms with Crippen molar-refractivity contribution in [1.29, 1.82) is 0 Å². The number of hydrogen-bond donors (Lipinski definition) is 0. The van der Waals surface area contributed by atoms with Gasteiger partial charge >= 0.3 is 11.0 Å². The predicted molar refractivity (Wildman–Crippen MR) is 93.7 cm³/mol. The van der Waals surface area contributed by atoms with Crippen molar-refractivity contribution in [3.05, 3.63) is 49.5 Å². The standard InChI is InChI=1S/C16H16N2O5S2/c19-15(13-4-2-6-24-13)17-5-1-3-12(8-17)16(20)23-9-11-7-14(18(21)22)25-10-11/h2,4,6-7,10,12H,1,3,5,8-9H2. The molecule has 0 aliphatic carbocycles. The van der Waals surface area contributed by atoms with Crippen LogP contribution in [0.5, 0.6) is 0 Å². The summed E-state index contributed by atoms with van der Waals surface area (Å²) >= 11 is 2.39. The van der Waals surface area contributed by atoms with E-state index >= 15 is 0 Å². The lowest BCUT2D eigenvalue weighted by Crippen LogP contribution is -2.42. The van der Waals surface area contributed by atoms with Crippen LogP contribution in [-0.4, -0.2) is 34.8 Å². The fourth-order valence-corrected chi connectivity index (χ4v) is 4.12. The van der Waals surface area contributed by atoms with Crippen molar-refractivity contribution >= 4 is 39.6 Å². The summed E-state index contributed by atoms with van der Waals surface area (Å²) in [6, 6.07) is 5.01. The van der Waals surface area contributed by atoms with E-state index in [1.54, 1.807) is 16.3 Å². The van der Waals surface area contributed by atoms with Crippen molar-refractivity contribution in [2.24, 2.45) is 5.92 Å². The number of nitro groups is 1. The second-order valence-corrected chi connectivity index (χ2v) is 7.56. The minimum Gasteiger partial charge on any atom is -0.461 e. The summed E-state index contributed by atoms with van der Waals surface area (Å²) in [5.74, 6) is -0.773. The van der Waals surface area contributed by atoms with Crippen LogP contribution < -0.4 is 0 Å². The molecule has 0 aromatic carbocycles. The van der Waals surface area contributed by atoms with Crippen LogP contribution in [0.1, 0.15) is 28.1 Å². The average molecular weight is 380 g/mol. The summed E-state index contributed by atoms with van der Waals surface area (Å²) in [7, 11) is 0. The van der Waals surface area contributed by atoms with Crippen LogP contribution >= 0.6 is 22.7 Å². The highest BCUT2D eigenvalue weighted by molar-refractivity contribution is 7.13. The first-order valence-corrected chi connectivity index (χ1v) is 9.51. The highest BCUT2D eigenvalue weighted by Crippen LogP contribution is 2.25. The zero-order valence-electron chi connectivity index (χ0n) is 13.3. The number of rotatable bonds is 5. The van der Waals surface area contributed by atoms with Crippen molar-refractivity contribution in [2.75, 3.05) is 13.1 Å². The molecule has 1 unspecified atom stereocenters. The third kappa shape index (κ3) is 4.23. The third-order valence-corrected chi connectivity index (χ3v) is 5.76. The number of carbonyl (C=O) groups excluding carboxylic acids is 2. The van der Waals surface area contributed by atoms with Crippen LogP contribution in [0.4, 0.5) is 5.00 Å². The van der Waals surface area contributed by atoms with Gasteiger partial charge in [0.05, 0.1) is 15.7 Å². The van der Waals surface area contributed by atoms with E-state index in [9.17, 15) is 19.7 Å². The zero-order valence-corrected chi connectivity index (χ0v) is 14.9. The van der Waals surface area contributed by atoms with E-state index in [1.807, 2.05) is 11.4 Å². The fourth-order valence-electron chi connectivity index (χ4n) is 2.72. The molecular formula is C16H16N2O5S2. The van der Waals surface area contributed by atoms with Crippen molar-refractivity contribution in [2.45, 2.75) is 19.4 Å². The second-order valence-electron chi connectivity index (χ2n) is 5.73. The van der Waals surface area contributed by atoms with Crippen molar-refractivity contribution in [1.82, 2.24) is 4.90 Å². The molecule has 0 bridgehead atoms. The van der Waals surface area contributed by atoms with Gasteiger partial charge in [0.25, 0.3) is 5.91 Å². The smallest absolute Gasteiger partial charge is 0.324 e. The number of carbonyl (C=O) groups is 2. The largest absolute Gasteiger partial charge is 0.461 e. The molecule has 1 fully saturated rings. The van der Waals surface area contributed by atoms with E-state index < -0.39 is 4.92 Å². The summed E-state index contributed by atoms with van der Waals surface area (Å²) in [6.07, 6.45) is 1.43. The SMILES string of the molecule is O=C(OCc1csc([N+](=O)[O-])c1)C1CCCN(C(=O)c2cccs2)C1. The molecule has 0 saturated carbocycles. The molecule has 7 nitrogen and oxygen atoms in total. The van der Waals surface area contributed by atoms with Crippen LogP contribution in [-0.2, 0) is 16.1 Å². The summed E-state index contributed by atoms with van der Waals surface area (Å²) < 4.78 is 5.29. The molecule has 1 aliphatic heterocycles. The Morgan fingerprint density at radius 3 is 2.92 bits per heavy atom. The molecule has 1 saturated heterocycles. The molecule has 0 radical (unpaired) electrons. The molecule has 9 heteroatoms. The van der Waals surface area contributed by atoms with Gasteiger partial charge in [-0.2, -0.15) is 0 Å². The molecule has 3 rings (SSSR count). The summed E-state index contributed by atoms with van der Waals surface area (Å²) in [5.41, 5.74) is 0.604. The Kier molecular flexibility index (Phi) is 5.44. The molecule has 1 atom stereocenters. The van der Waals surface area contributed by atoms with E-state index in [0.717, 1.165) is 17.8 Å². The molecule has 2 aromatic rings. The Bertz CT molecular complexity index is 771. The molecule has 1 amide bonds. The Hall–Kier alpha value is -2.26. The molecule has 0 spiro atoms. The van der Waals surface area contributed by atoms with Crippen molar-refractivity contribution in [3.8, 4) is 0 Å². The van der Waals surface area contributed by atoms with Gasteiger partial charge in [-0.3, -0.25) is 19.7 Å². The van der Waals surface area contributed by atoms with Gasteiger partial charge in [0.2, 0.25) is 0 Å². The highest BCUT2D eigenvalue weighted by Gasteiger charge is 2.30. The molecule has 25 heavy (non-hydrogen) atoms. The Morgan fingerprint density at radius 2 is 2.24 bits per heavy atom. The summed E-state index contributed by atoms with van der Waals surface area (Å²) in [5, 5.41) is 14.2. The van der Waals surface area contributed by atoms with Crippen molar-refractivity contribution < 1.29 is 19.2 Å². The average Bonchev–Trinajstić information content (AvgIpc) is 3.30. The third-order valence-electron chi connectivity index (χ3n) is 3.97. The van der Waals surface area contributed by atoms with Crippen LogP contribution in [0.3, 0.4) is 0 Å². The summed E-state index contributed by atoms with van der Waals surface area (Å²) in [6.45, 7) is 0.995. The van der Waals surface area contributed by atoms with Crippen LogP contribution in [0, 0.1) is 16.0 Å². The number of likely N-dealkylation sites (tertiary alicyclic amines) is 1. The minimum atomic E-state index is -0.467. The topological polar surface area (TPSA) is 89.8 Å². The van der Waals surface area contributed by atoms with E-state index in [2.05, 4.69) is 0 Å². The number of amides is 1. The number of ether oxygens (including phenoxy) is 1. The lowest BCUT2D eigenvalue weighted by Gasteiger charge is -2.31. The normalized spacial score (nSPS) is 17.3. The van der Waals surface area contributed by atoms with Crippen molar-refractivity contribution in [3.63, 3.8) is 0 Å². The molecule has 2 aromatic heterocycles. The van der Waals surface area contributed by atoms with Gasteiger partial charge < -0.3 is 9.64 Å². The quantitative estimate of drug-likeness (QED) is 0.451. The second kappa shape index (κ2) is 7.75. The number of esters is 1. The van der Waals surface area contributed by atoms with Gasteiger partial charge in [0, 0.05) is 30.1 Å². The van der Waals surface area contributed by atoms with E-state index in [1.165, 1.54) is 17.4 Å². The van der Waals surface area contributed by atoms with Crippen LogP contribution in [0.25, 0.3) is 0 Å². The maximum atomic E-state index is 12.4. The van der Waals surface area contributed by atoms with Gasteiger partial charge in [-0.15, -0.1) is 11.3 Å². The summed E-state index contributed by atoms with van der Waals surface area (Å²) in [4.78, 5) is 37.2. The molecule has 0 N–H and O–H groups in total. The number of thiophene rings is 2. The number of hydrogen-bond acceptors (Lipinski definition) is 7. The van der Waals surface area contributed by atoms with E-state index in [-0.39, 0.29) is 29.4 Å². The zero-order chi connectivity index (χ0) is 17.8. The van der Waals surface area contributed by atoms with E-state index in [4.69, 9.17) is 4.74 Å². The van der Waals surface area contributed by atoms with Gasteiger partial charge in [0.1, 0.15) is 6.61 Å². The number of piperidine rings is 1. The lowest BCUT2D eigenvalue weighted by molar-refractivity contribution is -0.380. The molecule has 1 aliphatic rings. The van der Waals surface area contributed by atoms with E-state index in [0.29, 0.717) is 30.0 Å². The fraction of sp³-hybridized carbons (Fsp3) is 0.375. The maximum Gasteiger partial charge on any atom is 0.324 e. The van der Waals surface area contributed by atoms with Gasteiger partial charge in [-0.25, -0.2) is 0 Å². The van der Waals surface area contributed by atoms with Gasteiger partial charge in [-0.05, 0) is 24.3 Å². The molecule has 3 heterocycles. The van der Waals surface area contributed by atoms with Gasteiger partial charge in [0.15, 0.2) is 0 Å². The molecule has 132 valence electrons. The number of nitrogens with zero attached hydrogens (tertiary/aromatic N) is 2. The first-order valence-electron chi connectivity index (χ1n) is 7.76. The minimum absolute atomic E-state index is 0.0124.